The van der Waals surface area contributed by atoms with Crippen LogP contribution in [0.4, 0.5) is 15.8 Å². The van der Waals surface area contributed by atoms with E-state index in [1.54, 1.807) is 12.3 Å². The highest BCUT2D eigenvalue weighted by Crippen LogP contribution is 2.26. The van der Waals surface area contributed by atoms with Crippen LogP contribution < -0.4 is 10.2 Å². The molecule has 2 aromatic rings. The minimum Gasteiger partial charge on any atom is -0.466 e. The lowest BCUT2D eigenvalue weighted by Crippen LogP contribution is -2.18. The molecule has 0 aliphatic carbocycles. The first kappa shape index (κ1) is 13.5. The highest BCUT2D eigenvalue weighted by atomic mass is 79.9. The van der Waals surface area contributed by atoms with Crippen molar-refractivity contribution in [2.45, 2.75) is 19.4 Å². The number of nitrogens with zero attached hydrogens (tertiary/aromatic N) is 1. The monoisotopic (exact) mass is 338 g/mol. The lowest BCUT2D eigenvalue weighted by molar-refractivity contribution is 0.516. The number of nitrogens with one attached hydrogen (secondary N) is 1. The van der Waals surface area contributed by atoms with Crippen LogP contribution in [0.5, 0.6) is 0 Å². The van der Waals surface area contributed by atoms with E-state index in [4.69, 9.17) is 4.42 Å². The fourth-order valence-electron chi connectivity index (χ4n) is 2.46. The standard InChI is InChI=1S/C15H16BrFN2O/c16-12-5-8-20-15(12)10-18-11-3-4-14(13(17)9-11)19-6-1-2-7-19/h3-5,8-9,18H,1-2,6-7,10H2. The summed E-state index contributed by atoms with van der Waals surface area (Å²) in [6.45, 7) is 2.42. The predicted octanol–water partition coefficient (Wildman–Crippen LogP) is 4.39. The van der Waals surface area contributed by atoms with Crippen molar-refractivity contribution in [2.75, 3.05) is 23.3 Å². The van der Waals surface area contributed by atoms with Gasteiger partial charge in [0, 0.05) is 18.8 Å². The molecule has 0 bridgehead atoms. The smallest absolute Gasteiger partial charge is 0.148 e. The molecule has 3 rings (SSSR count). The SMILES string of the molecule is Fc1cc(NCc2occc2Br)ccc1N1CCCC1. The lowest BCUT2D eigenvalue weighted by atomic mass is 10.2. The Morgan fingerprint density at radius 3 is 2.70 bits per heavy atom. The van der Waals surface area contributed by atoms with Gasteiger partial charge >= 0.3 is 0 Å². The summed E-state index contributed by atoms with van der Waals surface area (Å²) in [5, 5.41) is 3.16. The molecule has 1 aromatic carbocycles. The Hall–Kier alpha value is -1.49. The second-order valence-corrected chi connectivity index (χ2v) is 5.76. The van der Waals surface area contributed by atoms with Crippen LogP contribution in [-0.2, 0) is 6.54 Å². The van der Waals surface area contributed by atoms with Crippen molar-refractivity contribution < 1.29 is 8.81 Å². The highest BCUT2D eigenvalue weighted by Gasteiger charge is 2.16. The van der Waals surface area contributed by atoms with Crippen LogP contribution in [0.1, 0.15) is 18.6 Å². The Morgan fingerprint density at radius 1 is 1.25 bits per heavy atom. The normalized spacial score (nSPS) is 14.8. The van der Waals surface area contributed by atoms with Gasteiger partial charge in [-0.2, -0.15) is 0 Å². The molecule has 106 valence electrons. The molecule has 0 amide bonds. The van der Waals surface area contributed by atoms with E-state index in [2.05, 4.69) is 26.1 Å². The summed E-state index contributed by atoms with van der Waals surface area (Å²) < 4.78 is 20.4. The molecule has 1 aromatic heterocycles. The summed E-state index contributed by atoms with van der Waals surface area (Å²) in [6.07, 6.45) is 3.91. The predicted molar refractivity (Wildman–Crippen MR) is 81.6 cm³/mol. The molecule has 0 unspecified atom stereocenters. The van der Waals surface area contributed by atoms with Gasteiger partial charge in [-0.25, -0.2) is 4.39 Å². The van der Waals surface area contributed by atoms with E-state index in [0.29, 0.717) is 12.2 Å². The van der Waals surface area contributed by atoms with Gasteiger partial charge in [0.1, 0.15) is 11.6 Å². The zero-order valence-electron chi connectivity index (χ0n) is 11.0. The average molecular weight is 339 g/mol. The molecule has 1 aliphatic rings. The highest BCUT2D eigenvalue weighted by molar-refractivity contribution is 9.10. The van der Waals surface area contributed by atoms with Gasteiger partial charge < -0.3 is 14.6 Å². The van der Waals surface area contributed by atoms with Crippen LogP contribution in [0.15, 0.2) is 39.4 Å². The summed E-state index contributed by atoms with van der Waals surface area (Å²) in [6, 6.07) is 7.15. The minimum absolute atomic E-state index is 0.171. The van der Waals surface area contributed by atoms with Crippen LogP contribution in [0.2, 0.25) is 0 Å². The van der Waals surface area contributed by atoms with E-state index in [1.807, 2.05) is 18.2 Å². The number of furan rings is 1. The Balaban J connectivity index is 1.69. The number of hydrogen-bond donors (Lipinski definition) is 1. The third kappa shape index (κ3) is 2.82. The van der Waals surface area contributed by atoms with Crippen molar-refractivity contribution in [3.8, 4) is 0 Å². The van der Waals surface area contributed by atoms with Gasteiger partial charge in [0.15, 0.2) is 0 Å². The Bertz CT molecular complexity index is 593. The Labute approximate surface area is 125 Å². The molecule has 1 aliphatic heterocycles. The third-order valence-electron chi connectivity index (χ3n) is 3.54. The summed E-state index contributed by atoms with van der Waals surface area (Å²) in [5.41, 5.74) is 1.46. The second-order valence-electron chi connectivity index (χ2n) is 4.91. The number of hydrogen-bond acceptors (Lipinski definition) is 3. The lowest BCUT2D eigenvalue weighted by Gasteiger charge is -2.19. The van der Waals surface area contributed by atoms with Crippen molar-refractivity contribution in [2.24, 2.45) is 0 Å². The van der Waals surface area contributed by atoms with Crippen LogP contribution in [0.3, 0.4) is 0 Å². The molecule has 20 heavy (non-hydrogen) atoms. The molecule has 3 nitrogen and oxygen atoms in total. The number of anilines is 2. The molecule has 1 N–H and O–H groups in total. The zero-order valence-corrected chi connectivity index (χ0v) is 12.6. The fraction of sp³-hybridized carbons (Fsp3) is 0.333. The first-order chi connectivity index (χ1) is 9.74. The summed E-state index contributed by atoms with van der Waals surface area (Å²) in [4.78, 5) is 2.10. The van der Waals surface area contributed by atoms with E-state index < -0.39 is 0 Å². The van der Waals surface area contributed by atoms with Crippen molar-refractivity contribution in [1.82, 2.24) is 0 Å². The third-order valence-corrected chi connectivity index (χ3v) is 4.25. The summed E-state index contributed by atoms with van der Waals surface area (Å²) >= 11 is 3.40. The van der Waals surface area contributed by atoms with E-state index >= 15 is 0 Å². The molecule has 0 saturated carbocycles. The van der Waals surface area contributed by atoms with Crippen molar-refractivity contribution in [3.05, 3.63) is 46.6 Å². The number of halogens is 2. The van der Waals surface area contributed by atoms with E-state index in [9.17, 15) is 4.39 Å². The Kier molecular flexibility index (Phi) is 3.96. The Morgan fingerprint density at radius 2 is 2.05 bits per heavy atom. The molecule has 5 heteroatoms. The molecule has 2 heterocycles. The van der Waals surface area contributed by atoms with Crippen LogP contribution in [0.25, 0.3) is 0 Å². The number of rotatable bonds is 4. The molecule has 1 saturated heterocycles. The maximum atomic E-state index is 14.1. The van der Waals surface area contributed by atoms with Crippen LogP contribution in [0, 0.1) is 5.82 Å². The van der Waals surface area contributed by atoms with E-state index in [-0.39, 0.29) is 5.82 Å². The quantitative estimate of drug-likeness (QED) is 0.895. The number of benzene rings is 1. The first-order valence-electron chi connectivity index (χ1n) is 6.74. The van der Waals surface area contributed by atoms with Gasteiger partial charge in [0.05, 0.1) is 23.0 Å². The van der Waals surface area contributed by atoms with E-state index in [1.165, 1.54) is 0 Å². The van der Waals surface area contributed by atoms with Gasteiger partial charge in [-0.05, 0) is 53.0 Å². The summed E-state index contributed by atoms with van der Waals surface area (Å²) in [7, 11) is 0. The summed E-state index contributed by atoms with van der Waals surface area (Å²) in [5.74, 6) is 0.629. The second kappa shape index (κ2) is 5.87. The van der Waals surface area contributed by atoms with Crippen molar-refractivity contribution >= 4 is 27.3 Å². The van der Waals surface area contributed by atoms with Gasteiger partial charge in [-0.3, -0.25) is 0 Å². The molecular formula is C15H16BrFN2O. The molecule has 0 atom stereocenters. The fourth-order valence-corrected chi connectivity index (χ4v) is 2.81. The largest absolute Gasteiger partial charge is 0.466 e. The minimum atomic E-state index is -0.171. The molecular weight excluding hydrogens is 323 g/mol. The maximum absolute atomic E-state index is 14.1. The van der Waals surface area contributed by atoms with Gasteiger partial charge in [0.25, 0.3) is 0 Å². The van der Waals surface area contributed by atoms with Crippen molar-refractivity contribution in [1.29, 1.82) is 0 Å². The van der Waals surface area contributed by atoms with Gasteiger partial charge in [-0.1, -0.05) is 0 Å². The van der Waals surface area contributed by atoms with Crippen molar-refractivity contribution in [3.63, 3.8) is 0 Å². The molecule has 0 radical (unpaired) electrons. The van der Waals surface area contributed by atoms with Crippen LogP contribution >= 0.6 is 15.9 Å². The van der Waals surface area contributed by atoms with E-state index in [0.717, 1.165) is 41.9 Å². The first-order valence-corrected chi connectivity index (χ1v) is 7.53. The van der Waals surface area contributed by atoms with Crippen LogP contribution in [-0.4, -0.2) is 13.1 Å². The zero-order chi connectivity index (χ0) is 13.9. The van der Waals surface area contributed by atoms with Gasteiger partial charge in [0.2, 0.25) is 0 Å². The molecule has 0 spiro atoms. The average Bonchev–Trinajstić information content (AvgIpc) is 3.08. The maximum Gasteiger partial charge on any atom is 0.148 e. The topological polar surface area (TPSA) is 28.4 Å². The van der Waals surface area contributed by atoms with Gasteiger partial charge in [-0.15, -0.1) is 0 Å². The molecule has 1 fully saturated rings.